The summed E-state index contributed by atoms with van der Waals surface area (Å²) >= 11 is 7.02. The highest BCUT2D eigenvalue weighted by Crippen LogP contribution is 2.32. The number of nitrogens with zero attached hydrogens (tertiary/aromatic N) is 1. The van der Waals surface area contributed by atoms with Crippen LogP contribution in [0, 0.1) is 0 Å². The molecule has 108 valence electrons. The molecule has 1 aromatic heterocycles. The average Bonchev–Trinajstić information content (AvgIpc) is 2.47. The maximum atomic E-state index is 8.94. The van der Waals surface area contributed by atoms with Crippen LogP contribution in [0.3, 0.4) is 0 Å². The molecule has 0 aliphatic heterocycles. The van der Waals surface area contributed by atoms with Crippen LogP contribution < -0.4 is 5.32 Å². The zero-order valence-electron chi connectivity index (χ0n) is 11.2. The van der Waals surface area contributed by atoms with Crippen LogP contribution in [-0.4, -0.2) is 23.2 Å². The Hall–Kier alpha value is -1.17. The minimum absolute atomic E-state index is 0.174. The molecule has 0 amide bonds. The van der Waals surface area contributed by atoms with Gasteiger partial charge in [0, 0.05) is 32.9 Å². The summed E-state index contributed by atoms with van der Waals surface area (Å²) in [7, 11) is 0. The van der Waals surface area contributed by atoms with Gasteiger partial charge >= 0.3 is 0 Å². The number of anilines is 1. The topological polar surface area (TPSA) is 45.1 Å². The second kappa shape index (κ2) is 6.30. The summed E-state index contributed by atoms with van der Waals surface area (Å²) in [6, 6.07) is 12.4. The molecule has 0 radical (unpaired) electrons. The zero-order valence-corrected chi connectivity index (χ0v) is 14.4. The van der Waals surface area contributed by atoms with Gasteiger partial charge in [0.05, 0.1) is 5.52 Å². The van der Waals surface area contributed by atoms with Crippen molar-refractivity contribution in [1.82, 2.24) is 4.98 Å². The number of aliphatic hydroxyl groups is 1. The fourth-order valence-electron chi connectivity index (χ4n) is 2.37. The van der Waals surface area contributed by atoms with Gasteiger partial charge in [-0.2, -0.15) is 0 Å². The van der Waals surface area contributed by atoms with E-state index in [9.17, 15) is 0 Å². The van der Waals surface area contributed by atoms with Crippen LogP contribution in [-0.2, 0) is 0 Å². The van der Waals surface area contributed by atoms with Crippen molar-refractivity contribution in [3.05, 3.63) is 45.3 Å². The summed E-state index contributed by atoms with van der Waals surface area (Å²) in [4.78, 5) is 4.73. The van der Waals surface area contributed by atoms with Gasteiger partial charge in [-0.3, -0.25) is 0 Å². The Balaban J connectivity index is 2.23. The van der Waals surface area contributed by atoms with Gasteiger partial charge in [0.25, 0.3) is 0 Å². The smallest absolute Gasteiger partial charge is 0.134 e. The van der Waals surface area contributed by atoms with E-state index in [1.54, 1.807) is 0 Å². The summed E-state index contributed by atoms with van der Waals surface area (Å²) in [6.45, 7) is 0.873. The van der Waals surface area contributed by atoms with Crippen LogP contribution in [0.4, 0.5) is 5.82 Å². The minimum Gasteiger partial charge on any atom is -0.396 e. The summed E-state index contributed by atoms with van der Waals surface area (Å²) < 4.78 is 2.04. The van der Waals surface area contributed by atoms with Gasteiger partial charge < -0.3 is 10.4 Å². The number of hydrogen-bond donors (Lipinski definition) is 2. The van der Waals surface area contributed by atoms with E-state index in [4.69, 9.17) is 10.1 Å². The molecule has 0 saturated carbocycles. The Morgan fingerprint density at radius 2 is 1.67 bits per heavy atom. The Morgan fingerprint density at radius 1 is 0.952 bits per heavy atom. The van der Waals surface area contributed by atoms with Crippen molar-refractivity contribution in [3.63, 3.8) is 0 Å². The normalized spacial score (nSPS) is 11.2. The molecule has 0 spiro atoms. The maximum Gasteiger partial charge on any atom is 0.134 e. The van der Waals surface area contributed by atoms with Crippen molar-refractivity contribution < 1.29 is 5.11 Å². The molecule has 5 heteroatoms. The highest BCUT2D eigenvalue weighted by Gasteiger charge is 2.09. The monoisotopic (exact) mass is 408 g/mol. The summed E-state index contributed by atoms with van der Waals surface area (Å²) in [6.07, 6.45) is 0.702. The van der Waals surface area contributed by atoms with Gasteiger partial charge in [-0.05, 0) is 36.1 Å². The van der Waals surface area contributed by atoms with Crippen molar-refractivity contribution in [2.75, 3.05) is 18.5 Å². The van der Waals surface area contributed by atoms with Crippen molar-refractivity contribution in [2.24, 2.45) is 0 Å². The van der Waals surface area contributed by atoms with Gasteiger partial charge in [0.15, 0.2) is 0 Å². The average molecular weight is 410 g/mol. The molecule has 3 rings (SSSR count). The first-order valence-corrected chi connectivity index (χ1v) is 8.31. The lowest BCUT2D eigenvalue weighted by Crippen LogP contribution is -2.05. The quantitative estimate of drug-likeness (QED) is 0.484. The Kier molecular flexibility index (Phi) is 4.42. The lowest BCUT2D eigenvalue weighted by molar-refractivity contribution is 0.292. The molecule has 0 fully saturated rings. The molecule has 0 bridgehead atoms. The van der Waals surface area contributed by atoms with Gasteiger partial charge in [-0.1, -0.05) is 44.0 Å². The van der Waals surface area contributed by atoms with E-state index < -0.39 is 0 Å². The molecule has 0 aliphatic rings. The zero-order chi connectivity index (χ0) is 14.8. The van der Waals surface area contributed by atoms with Crippen LogP contribution >= 0.6 is 31.9 Å². The van der Waals surface area contributed by atoms with E-state index in [-0.39, 0.29) is 6.61 Å². The van der Waals surface area contributed by atoms with Crippen LogP contribution in [0.1, 0.15) is 6.42 Å². The van der Waals surface area contributed by atoms with Crippen molar-refractivity contribution in [1.29, 1.82) is 0 Å². The highest BCUT2D eigenvalue weighted by molar-refractivity contribution is 9.10. The third-order valence-corrected chi connectivity index (χ3v) is 4.33. The Labute approximate surface area is 139 Å². The molecule has 3 nitrogen and oxygen atoms in total. The molecule has 21 heavy (non-hydrogen) atoms. The summed E-state index contributed by atoms with van der Waals surface area (Å²) in [5.74, 6) is 0.852. The van der Waals surface area contributed by atoms with Gasteiger partial charge in [0.1, 0.15) is 5.82 Å². The van der Waals surface area contributed by atoms with E-state index in [1.165, 1.54) is 5.39 Å². The van der Waals surface area contributed by atoms with Crippen molar-refractivity contribution >= 4 is 59.4 Å². The van der Waals surface area contributed by atoms with Gasteiger partial charge in [-0.15, -0.1) is 0 Å². The SMILES string of the molecule is OCCCNc1nc2cc(Br)ccc2c2ccc(Br)cc12. The molecule has 0 atom stereocenters. The molecule has 1 heterocycles. The van der Waals surface area contributed by atoms with Crippen molar-refractivity contribution in [2.45, 2.75) is 6.42 Å². The van der Waals surface area contributed by atoms with Crippen LogP contribution in [0.25, 0.3) is 21.7 Å². The third kappa shape index (κ3) is 3.05. The third-order valence-electron chi connectivity index (χ3n) is 3.35. The van der Waals surface area contributed by atoms with E-state index >= 15 is 0 Å². The Bertz CT molecular complexity index is 805. The van der Waals surface area contributed by atoms with E-state index in [1.807, 2.05) is 18.2 Å². The fourth-order valence-corrected chi connectivity index (χ4v) is 3.08. The number of fused-ring (bicyclic) bond motifs is 3. The second-order valence-electron chi connectivity index (χ2n) is 4.82. The molecule has 2 N–H and O–H groups in total. The summed E-state index contributed by atoms with van der Waals surface area (Å²) in [5.41, 5.74) is 0.950. The largest absolute Gasteiger partial charge is 0.396 e. The van der Waals surface area contributed by atoms with E-state index in [0.29, 0.717) is 13.0 Å². The molecule has 0 aliphatic carbocycles. The number of aromatic nitrogens is 1. The number of halogens is 2. The molecule has 3 aromatic rings. The molecular formula is C16H14Br2N2O. The molecule has 0 saturated heterocycles. The van der Waals surface area contributed by atoms with Crippen LogP contribution in [0.15, 0.2) is 45.3 Å². The lowest BCUT2D eigenvalue weighted by Gasteiger charge is -2.12. The number of hydrogen-bond acceptors (Lipinski definition) is 3. The predicted octanol–water partition coefficient (Wildman–Crippen LogP) is 4.71. The molecule has 0 unspecified atom stereocenters. The highest BCUT2D eigenvalue weighted by atomic mass is 79.9. The van der Waals surface area contributed by atoms with Gasteiger partial charge in [-0.25, -0.2) is 4.98 Å². The Morgan fingerprint density at radius 3 is 2.43 bits per heavy atom. The van der Waals surface area contributed by atoms with Crippen LogP contribution in [0.2, 0.25) is 0 Å². The number of aliphatic hydroxyl groups excluding tert-OH is 1. The second-order valence-corrected chi connectivity index (χ2v) is 6.65. The lowest BCUT2D eigenvalue weighted by atomic mass is 10.1. The minimum atomic E-state index is 0.174. The first-order valence-electron chi connectivity index (χ1n) is 6.72. The standard InChI is InChI=1S/C16H14Br2N2O/c17-10-2-4-12-13-5-3-11(18)9-15(13)20-16(14(12)8-10)19-6-1-7-21/h2-5,8-9,21H,1,6-7H2,(H,19,20). The molecule has 2 aromatic carbocycles. The number of pyridine rings is 1. The number of nitrogens with one attached hydrogen (secondary N) is 1. The summed E-state index contributed by atoms with van der Waals surface area (Å²) in [5, 5.41) is 15.6. The van der Waals surface area contributed by atoms with E-state index in [2.05, 4.69) is 55.4 Å². The van der Waals surface area contributed by atoms with E-state index in [0.717, 1.165) is 31.1 Å². The number of benzene rings is 2. The first-order chi connectivity index (χ1) is 10.2. The van der Waals surface area contributed by atoms with Crippen LogP contribution in [0.5, 0.6) is 0 Å². The predicted molar refractivity (Wildman–Crippen MR) is 94.8 cm³/mol. The first kappa shape index (κ1) is 14.8. The van der Waals surface area contributed by atoms with Crippen molar-refractivity contribution in [3.8, 4) is 0 Å². The fraction of sp³-hybridized carbons (Fsp3) is 0.188. The maximum absolute atomic E-state index is 8.94. The number of rotatable bonds is 4. The van der Waals surface area contributed by atoms with Gasteiger partial charge in [0.2, 0.25) is 0 Å². The molecular weight excluding hydrogens is 396 g/mol.